The van der Waals surface area contributed by atoms with Gasteiger partial charge in [-0.1, -0.05) is 37.6 Å². The van der Waals surface area contributed by atoms with Crippen LogP contribution in [0.3, 0.4) is 0 Å². The Kier molecular flexibility index (Phi) is 3.98. The first-order valence-electron chi connectivity index (χ1n) is 6.35. The van der Waals surface area contributed by atoms with Gasteiger partial charge in [-0.3, -0.25) is 0 Å². The van der Waals surface area contributed by atoms with Gasteiger partial charge in [-0.05, 0) is 42.2 Å². The Morgan fingerprint density at radius 1 is 1.06 bits per heavy atom. The molecule has 2 N–H and O–H groups in total. The Morgan fingerprint density at radius 2 is 1.78 bits per heavy atom. The van der Waals surface area contributed by atoms with Gasteiger partial charge in [-0.2, -0.15) is 0 Å². The van der Waals surface area contributed by atoms with Crippen molar-refractivity contribution in [3.8, 4) is 11.1 Å². The minimum Gasteiger partial charge on any atom is -0.399 e. The summed E-state index contributed by atoms with van der Waals surface area (Å²) in [5, 5.41) is 0. The molecule has 1 nitrogen and oxygen atoms in total. The highest BCUT2D eigenvalue weighted by atomic mass is 19.1. The fraction of sp³-hybridized carbons (Fsp3) is 0.250. The molecule has 0 aromatic heterocycles. The molecule has 0 aliphatic rings. The van der Waals surface area contributed by atoms with Gasteiger partial charge in [0, 0.05) is 11.3 Å². The minimum absolute atomic E-state index is 0.231. The first kappa shape index (κ1) is 12.6. The zero-order chi connectivity index (χ0) is 13.0. The standard InChI is InChI=1S/C16H18FN/c1-2-3-4-12-5-7-13(8-6-12)15-11-14(18)9-10-16(15)17/h5-11H,2-4,18H2,1H3. The summed E-state index contributed by atoms with van der Waals surface area (Å²) in [4.78, 5) is 0. The quantitative estimate of drug-likeness (QED) is 0.790. The summed E-state index contributed by atoms with van der Waals surface area (Å²) in [6.07, 6.45) is 3.45. The largest absolute Gasteiger partial charge is 0.399 e. The number of rotatable bonds is 4. The molecule has 0 heterocycles. The Hall–Kier alpha value is -1.83. The molecule has 0 bridgehead atoms. The normalized spacial score (nSPS) is 10.6. The second kappa shape index (κ2) is 5.67. The van der Waals surface area contributed by atoms with E-state index >= 15 is 0 Å². The molecule has 0 amide bonds. The van der Waals surface area contributed by atoms with E-state index in [2.05, 4.69) is 19.1 Å². The van der Waals surface area contributed by atoms with Crippen LogP contribution in [0.25, 0.3) is 11.1 Å². The second-order valence-electron chi connectivity index (χ2n) is 4.54. The van der Waals surface area contributed by atoms with Crippen molar-refractivity contribution in [2.24, 2.45) is 0 Å². The van der Waals surface area contributed by atoms with Gasteiger partial charge in [0.05, 0.1) is 0 Å². The van der Waals surface area contributed by atoms with E-state index in [4.69, 9.17) is 5.73 Å². The monoisotopic (exact) mass is 243 g/mol. The number of nitrogens with two attached hydrogens (primary N) is 1. The number of aryl methyl sites for hydroxylation is 1. The van der Waals surface area contributed by atoms with Crippen LogP contribution < -0.4 is 5.73 Å². The molecule has 0 aliphatic heterocycles. The van der Waals surface area contributed by atoms with Gasteiger partial charge < -0.3 is 5.73 Å². The first-order valence-corrected chi connectivity index (χ1v) is 6.35. The molecule has 0 saturated heterocycles. The van der Waals surface area contributed by atoms with Crippen LogP contribution in [0.1, 0.15) is 25.3 Å². The Morgan fingerprint density at radius 3 is 2.44 bits per heavy atom. The Labute approximate surface area is 107 Å². The molecule has 0 unspecified atom stereocenters. The fourth-order valence-corrected chi connectivity index (χ4v) is 2.00. The van der Waals surface area contributed by atoms with Crippen molar-refractivity contribution in [2.75, 3.05) is 5.73 Å². The number of nitrogen functional groups attached to an aromatic ring is 1. The van der Waals surface area contributed by atoms with Gasteiger partial charge in [-0.15, -0.1) is 0 Å². The molecule has 0 radical (unpaired) electrons. The summed E-state index contributed by atoms with van der Waals surface area (Å²) in [5.74, 6) is -0.231. The van der Waals surface area contributed by atoms with Crippen molar-refractivity contribution in [2.45, 2.75) is 26.2 Å². The molecule has 18 heavy (non-hydrogen) atoms. The molecule has 0 saturated carbocycles. The van der Waals surface area contributed by atoms with Gasteiger partial charge in [0.25, 0.3) is 0 Å². The van der Waals surface area contributed by atoms with Crippen LogP contribution in [0.4, 0.5) is 10.1 Å². The molecule has 0 spiro atoms. The lowest BCUT2D eigenvalue weighted by Crippen LogP contribution is -1.90. The van der Waals surface area contributed by atoms with Crippen LogP contribution >= 0.6 is 0 Å². The lowest BCUT2D eigenvalue weighted by Gasteiger charge is -2.06. The third kappa shape index (κ3) is 2.89. The predicted octanol–water partition coefficient (Wildman–Crippen LogP) is 4.42. The van der Waals surface area contributed by atoms with Gasteiger partial charge in [-0.25, -0.2) is 4.39 Å². The van der Waals surface area contributed by atoms with Crippen LogP contribution in [-0.2, 0) is 6.42 Å². The summed E-state index contributed by atoms with van der Waals surface area (Å²) < 4.78 is 13.7. The summed E-state index contributed by atoms with van der Waals surface area (Å²) in [6, 6.07) is 12.7. The van der Waals surface area contributed by atoms with E-state index in [-0.39, 0.29) is 5.82 Å². The highest BCUT2D eigenvalue weighted by Crippen LogP contribution is 2.25. The maximum absolute atomic E-state index is 13.7. The third-order valence-electron chi connectivity index (χ3n) is 3.07. The SMILES string of the molecule is CCCCc1ccc(-c2cc(N)ccc2F)cc1. The minimum atomic E-state index is -0.231. The van der Waals surface area contributed by atoms with Crippen molar-refractivity contribution in [3.63, 3.8) is 0 Å². The molecular weight excluding hydrogens is 225 g/mol. The lowest BCUT2D eigenvalue weighted by atomic mass is 10.0. The summed E-state index contributed by atoms with van der Waals surface area (Å²) >= 11 is 0. The predicted molar refractivity (Wildman–Crippen MR) is 74.9 cm³/mol. The molecular formula is C16H18FN. The highest BCUT2D eigenvalue weighted by Gasteiger charge is 2.05. The fourth-order valence-electron chi connectivity index (χ4n) is 2.00. The summed E-state index contributed by atoms with van der Waals surface area (Å²) in [7, 11) is 0. The van der Waals surface area contributed by atoms with Crippen molar-refractivity contribution >= 4 is 5.69 Å². The van der Waals surface area contributed by atoms with Crippen molar-refractivity contribution < 1.29 is 4.39 Å². The van der Waals surface area contributed by atoms with Crippen LogP contribution in [0.15, 0.2) is 42.5 Å². The van der Waals surface area contributed by atoms with Crippen molar-refractivity contribution in [3.05, 3.63) is 53.8 Å². The molecule has 2 aromatic rings. The van der Waals surface area contributed by atoms with Crippen LogP contribution in [0.5, 0.6) is 0 Å². The van der Waals surface area contributed by atoms with E-state index in [1.807, 2.05) is 12.1 Å². The molecule has 0 atom stereocenters. The van der Waals surface area contributed by atoms with Gasteiger partial charge in [0.15, 0.2) is 0 Å². The number of anilines is 1. The number of unbranched alkanes of at least 4 members (excludes halogenated alkanes) is 1. The average Bonchev–Trinajstić information content (AvgIpc) is 2.40. The van der Waals surface area contributed by atoms with E-state index < -0.39 is 0 Å². The highest BCUT2D eigenvalue weighted by molar-refractivity contribution is 5.68. The Bertz CT molecular complexity index is 517. The number of hydrogen-bond acceptors (Lipinski definition) is 1. The van der Waals surface area contributed by atoms with Crippen molar-refractivity contribution in [1.29, 1.82) is 0 Å². The molecule has 0 fully saturated rings. The van der Waals surface area contributed by atoms with Gasteiger partial charge >= 0.3 is 0 Å². The zero-order valence-electron chi connectivity index (χ0n) is 10.6. The summed E-state index contributed by atoms with van der Waals surface area (Å²) in [5.41, 5.74) is 9.02. The number of hydrogen-bond donors (Lipinski definition) is 1. The zero-order valence-corrected chi connectivity index (χ0v) is 10.6. The van der Waals surface area contributed by atoms with E-state index in [9.17, 15) is 4.39 Å². The van der Waals surface area contributed by atoms with Crippen LogP contribution in [0, 0.1) is 5.82 Å². The molecule has 94 valence electrons. The molecule has 2 aromatic carbocycles. The van der Waals surface area contributed by atoms with E-state index in [1.165, 1.54) is 24.5 Å². The smallest absolute Gasteiger partial charge is 0.131 e. The number of halogens is 1. The molecule has 2 heteroatoms. The maximum atomic E-state index is 13.7. The van der Waals surface area contributed by atoms with E-state index in [1.54, 1.807) is 12.1 Å². The van der Waals surface area contributed by atoms with Crippen LogP contribution in [-0.4, -0.2) is 0 Å². The Balaban J connectivity index is 2.25. The van der Waals surface area contributed by atoms with E-state index in [0.717, 1.165) is 12.0 Å². The first-order chi connectivity index (χ1) is 8.70. The van der Waals surface area contributed by atoms with Gasteiger partial charge in [0.2, 0.25) is 0 Å². The van der Waals surface area contributed by atoms with Crippen molar-refractivity contribution in [1.82, 2.24) is 0 Å². The number of benzene rings is 2. The van der Waals surface area contributed by atoms with Crippen LogP contribution in [0.2, 0.25) is 0 Å². The molecule has 2 rings (SSSR count). The topological polar surface area (TPSA) is 26.0 Å². The van der Waals surface area contributed by atoms with E-state index in [0.29, 0.717) is 11.3 Å². The average molecular weight is 243 g/mol. The molecule has 0 aliphatic carbocycles. The van der Waals surface area contributed by atoms with Gasteiger partial charge in [0.1, 0.15) is 5.82 Å². The summed E-state index contributed by atoms with van der Waals surface area (Å²) in [6.45, 7) is 2.18. The lowest BCUT2D eigenvalue weighted by molar-refractivity contribution is 0.631. The maximum Gasteiger partial charge on any atom is 0.131 e. The second-order valence-corrected chi connectivity index (χ2v) is 4.54. The third-order valence-corrected chi connectivity index (χ3v) is 3.07.